The average Bonchev–Trinajstić information content (AvgIpc) is 3.01. The molecule has 1 aliphatic carbocycles. The quantitative estimate of drug-likeness (QED) is 0.264. The van der Waals surface area contributed by atoms with Crippen LogP contribution in [0, 0.1) is 6.92 Å². The molecule has 2 amide bonds. The highest BCUT2D eigenvalue weighted by atomic mass is 32.2. The molecule has 1 saturated carbocycles. The second kappa shape index (κ2) is 15.0. The summed E-state index contributed by atoms with van der Waals surface area (Å²) in [5.41, 5.74) is 2.03. The molecule has 0 spiro atoms. The first-order valence-corrected chi connectivity index (χ1v) is 16.6. The number of benzene rings is 3. The fourth-order valence-electron chi connectivity index (χ4n) is 5.54. The fourth-order valence-corrected chi connectivity index (χ4v) is 6.96. The van der Waals surface area contributed by atoms with Crippen molar-refractivity contribution in [1.82, 2.24) is 10.2 Å². The second-order valence-electron chi connectivity index (χ2n) is 11.0. The Morgan fingerprint density at radius 2 is 1.56 bits per heavy atom. The summed E-state index contributed by atoms with van der Waals surface area (Å²) < 4.78 is 35.3. The first kappa shape index (κ1) is 32.1. The minimum Gasteiger partial charge on any atom is -0.492 e. The molecule has 9 heteroatoms. The topological polar surface area (TPSA) is 96.0 Å². The van der Waals surface area contributed by atoms with Gasteiger partial charge in [0.25, 0.3) is 10.0 Å². The molecule has 8 nitrogen and oxygen atoms in total. The van der Waals surface area contributed by atoms with Crippen molar-refractivity contribution in [2.24, 2.45) is 0 Å². The van der Waals surface area contributed by atoms with Crippen LogP contribution in [0.15, 0.2) is 83.8 Å². The van der Waals surface area contributed by atoms with Crippen molar-refractivity contribution >= 4 is 27.5 Å². The van der Waals surface area contributed by atoms with Gasteiger partial charge in [-0.15, -0.1) is 0 Å². The molecule has 0 aromatic heterocycles. The van der Waals surface area contributed by atoms with Gasteiger partial charge in [-0.25, -0.2) is 8.42 Å². The maximum atomic E-state index is 14.3. The zero-order valence-electron chi connectivity index (χ0n) is 25.4. The number of hydrogen-bond donors (Lipinski definition) is 1. The van der Waals surface area contributed by atoms with Crippen LogP contribution in [0.2, 0.25) is 0 Å². The number of ether oxygens (including phenoxy) is 1. The van der Waals surface area contributed by atoms with Crippen LogP contribution in [0.1, 0.15) is 63.5 Å². The zero-order chi connectivity index (χ0) is 30.8. The zero-order valence-corrected chi connectivity index (χ0v) is 26.2. The molecule has 230 valence electrons. The number of nitrogens with one attached hydrogen (secondary N) is 1. The van der Waals surface area contributed by atoms with E-state index in [1.165, 1.54) is 4.90 Å². The first-order valence-electron chi connectivity index (χ1n) is 15.2. The lowest BCUT2D eigenvalue weighted by Gasteiger charge is -2.34. The summed E-state index contributed by atoms with van der Waals surface area (Å²) in [6.45, 7) is 5.57. The smallest absolute Gasteiger partial charge is 0.264 e. The Bertz CT molecular complexity index is 1450. The molecule has 0 radical (unpaired) electrons. The predicted octanol–water partition coefficient (Wildman–Crippen LogP) is 5.85. The minimum absolute atomic E-state index is 0.0638. The van der Waals surface area contributed by atoms with E-state index >= 15 is 0 Å². The number of hydrogen-bond acceptors (Lipinski definition) is 5. The van der Waals surface area contributed by atoms with Gasteiger partial charge >= 0.3 is 0 Å². The van der Waals surface area contributed by atoms with E-state index in [4.69, 9.17) is 4.74 Å². The van der Waals surface area contributed by atoms with Gasteiger partial charge in [-0.05, 0) is 62.9 Å². The summed E-state index contributed by atoms with van der Waals surface area (Å²) in [7, 11) is -4.18. The molecule has 0 saturated heterocycles. The van der Waals surface area contributed by atoms with Crippen molar-refractivity contribution < 1.29 is 22.7 Å². The second-order valence-corrected chi connectivity index (χ2v) is 12.9. The Hall–Kier alpha value is -3.85. The van der Waals surface area contributed by atoms with E-state index in [0.717, 1.165) is 47.5 Å². The van der Waals surface area contributed by atoms with Gasteiger partial charge in [0.2, 0.25) is 11.8 Å². The van der Waals surface area contributed by atoms with Crippen molar-refractivity contribution in [3.05, 3.63) is 90.0 Å². The number of carbonyl (C=O) groups excluding carboxylic acids is 2. The van der Waals surface area contributed by atoms with Crippen molar-refractivity contribution in [3.8, 4) is 5.75 Å². The van der Waals surface area contributed by atoms with Crippen LogP contribution >= 0.6 is 0 Å². The summed E-state index contributed by atoms with van der Waals surface area (Å²) in [5.74, 6) is -0.331. The van der Waals surface area contributed by atoms with Gasteiger partial charge < -0.3 is 15.0 Å². The van der Waals surface area contributed by atoms with Gasteiger partial charge in [0, 0.05) is 12.6 Å². The molecule has 1 atom stereocenters. The molecule has 3 aromatic carbocycles. The van der Waals surface area contributed by atoms with E-state index in [-0.39, 0.29) is 29.1 Å². The highest BCUT2D eigenvalue weighted by Crippen LogP contribution is 2.33. The molecule has 1 aliphatic rings. The Morgan fingerprint density at radius 1 is 0.907 bits per heavy atom. The van der Waals surface area contributed by atoms with Crippen LogP contribution < -0.4 is 14.4 Å². The minimum atomic E-state index is -4.18. The third-order valence-corrected chi connectivity index (χ3v) is 9.63. The normalized spacial score (nSPS) is 14.5. The largest absolute Gasteiger partial charge is 0.492 e. The number of sulfonamides is 1. The Balaban J connectivity index is 1.73. The van der Waals surface area contributed by atoms with Gasteiger partial charge in [0.1, 0.15) is 18.3 Å². The van der Waals surface area contributed by atoms with Crippen molar-refractivity contribution in [2.45, 2.75) is 82.8 Å². The van der Waals surface area contributed by atoms with E-state index in [1.807, 2.05) is 51.1 Å². The van der Waals surface area contributed by atoms with Gasteiger partial charge in [-0.1, -0.05) is 86.3 Å². The number of rotatable bonds is 13. The lowest BCUT2D eigenvalue weighted by atomic mass is 9.95. The highest BCUT2D eigenvalue weighted by Gasteiger charge is 2.35. The maximum absolute atomic E-state index is 14.3. The summed E-state index contributed by atoms with van der Waals surface area (Å²) in [4.78, 5) is 29.6. The third-order valence-electron chi connectivity index (χ3n) is 7.85. The SMILES string of the molecule is CCOc1ccccc1N(CC(=O)N(Cc1ccccc1)[C@@H](CC)C(=O)NC1CCCCC1)S(=O)(=O)c1ccc(C)cc1. The highest BCUT2D eigenvalue weighted by molar-refractivity contribution is 7.92. The predicted molar refractivity (Wildman–Crippen MR) is 169 cm³/mol. The molecule has 0 bridgehead atoms. The molecule has 1 N–H and O–H groups in total. The van der Waals surface area contributed by atoms with E-state index in [0.29, 0.717) is 18.8 Å². The molecule has 4 rings (SSSR count). The number of aryl methyl sites for hydroxylation is 1. The lowest BCUT2D eigenvalue weighted by molar-refractivity contribution is -0.140. The molecule has 0 heterocycles. The molecule has 0 aliphatic heterocycles. The van der Waals surface area contributed by atoms with Crippen LogP contribution in [0.4, 0.5) is 5.69 Å². The fraction of sp³-hybridized carbons (Fsp3) is 0.412. The number of amides is 2. The van der Waals surface area contributed by atoms with Crippen molar-refractivity contribution in [1.29, 1.82) is 0 Å². The van der Waals surface area contributed by atoms with Crippen LogP contribution in [0.3, 0.4) is 0 Å². The summed E-state index contributed by atoms with van der Waals surface area (Å²) in [5, 5.41) is 3.18. The first-order chi connectivity index (χ1) is 20.7. The van der Waals surface area contributed by atoms with E-state index < -0.39 is 28.5 Å². The summed E-state index contributed by atoms with van der Waals surface area (Å²) in [6, 6.07) is 22.1. The molecule has 1 fully saturated rings. The maximum Gasteiger partial charge on any atom is 0.264 e. The monoisotopic (exact) mass is 605 g/mol. The Morgan fingerprint density at radius 3 is 2.21 bits per heavy atom. The molecular formula is C34H43N3O5S. The van der Waals surface area contributed by atoms with Gasteiger partial charge in [0.05, 0.1) is 17.2 Å². The number of nitrogens with zero attached hydrogens (tertiary/aromatic N) is 2. The third kappa shape index (κ3) is 8.16. The number of anilines is 1. The molecule has 0 unspecified atom stereocenters. The van der Waals surface area contributed by atoms with Crippen LogP contribution in [-0.2, 0) is 26.2 Å². The van der Waals surface area contributed by atoms with E-state index in [1.54, 1.807) is 48.5 Å². The molecular weight excluding hydrogens is 562 g/mol. The van der Waals surface area contributed by atoms with Crippen LogP contribution in [-0.4, -0.2) is 50.4 Å². The van der Waals surface area contributed by atoms with Crippen molar-refractivity contribution in [2.75, 3.05) is 17.5 Å². The average molecular weight is 606 g/mol. The standard InChI is InChI=1S/C34H43N3O5S/c1-4-30(34(39)35-28-16-10-7-11-17-28)36(24-27-14-8-6-9-15-27)33(38)25-37(31-18-12-13-19-32(31)42-5-2)43(40,41)29-22-20-26(3)21-23-29/h6,8-9,12-15,18-23,28,30H,4-5,7,10-11,16-17,24-25H2,1-3H3,(H,35,39)/t30-/m0/s1. The van der Waals surface area contributed by atoms with E-state index in [2.05, 4.69) is 5.32 Å². The molecule has 3 aromatic rings. The Labute approximate surface area is 256 Å². The van der Waals surface area contributed by atoms with Gasteiger partial charge in [-0.3, -0.25) is 13.9 Å². The lowest BCUT2D eigenvalue weighted by Crippen LogP contribution is -2.54. The number of carbonyl (C=O) groups is 2. The van der Waals surface area contributed by atoms with Crippen LogP contribution in [0.5, 0.6) is 5.75 Å². The summed E-state index contributed by atoms with van der Waals surface area (Å²) >= 11 is 0. The van der Waals surface area contributed by atoms with Gasteiger partial charge in [0.15, 0.2) is 0 Å². The number of para-hydroxylation sites is 2. The summed E-state index contributed by atoms with van der Waals surface area (Å²) in [6.07, 6.45) is 5.53. The van der Waals surface area contributed by atoms with Gasteiger partial charge in [-0.2, -0.15) is 0 Å². The molecule has 43 heavy (non-hydrogen) atoms. The van der Waals surface area contributed by atoms with E-state index in [9.17, 15) is 18.0 Å². The Kier molecular flexibility index (Phi) is 11.2. The van der Waals surface area contributed by atoms with Crippen LogP contribution in [0.25, 0.3) is 0 Å². The van der Waals surface area contributed by atoms with Crippen molar-refractivity contribution in [3.63, 3.8) is 0 Å².